The van der Waals surface area contributed by atoms with Crippen LogP contribution in [0.2, 0.25) is 10.0 Å². The Morgan fingerprint density at radius 1 is 1.41 bits per heavy atom. The van der Waals surface area contributed by atoms with Crippen molar-refractivity contribution in [2.24, 2.45) is 0 Å². The monoisotopic (exact) mass is 347 g/mol. The van der Waals surface area contributed by atoms with E-state index in [1.807, 2.05) is 6.92 Å². The van der Waals surface area contributed by atoms with Gasteiger partial charge < -0.3 is 5.11 Å². The van der Waals surface area contributed by atoms with Gasteiger partial charge in [-0.1, -0.05) is 36.5 Å². The lowest BCUT2D eigenvalue weighted by molar-refractivity contribution is 0.0616. The van der Waals surface area contributed by atoms with E-state index in [9.17, 15) is 19.1 Å². The molecule has 1 aliphatic heterocycles. The van der Waals surface area contributed by atoms with Crippen molar-refractivity contribution in [1.82, 2.24) is 4.90 Å². The molecule has 2 rings (SSSR count). The maximum Gasteiger partial charge on any atom is 0.408 e. The molecule has 0 radical (unpaired) electrons. The summed E-state index contributed by atoms with van der Waals surface area (Å²) in [6.07, 6.45) is 0.912. The molecule has 1 fully saturated rings. The highest BCUT2D eigenvalue weighted by Crippen LogP contribution is 2.38. The predicted molar refractivity (Wildman–Crippen MR) is 82.4 cm³/mol. The first-order chi connectivity index (χ1) is 10.3. The van der Waals surface area contributed by atoms with Crippen molar-refractivity contribution in [2.75, 3.05) is 6.54 Å². The van der Waals surface area contributed by atoms with Gasteiger partial charge in [-0.05, 0) is 31.4 Å². The van der Waals surface area contributed by atoms with E-state index in [1.165, 1.54) is 11.0 Å². The molecule has 1 atom stereocenters. The molecule has 1 N–H and O–H groups in total. The summed E-state index contributed by atoms with van der Waals surface area (Å²) in [4.78, 5) is 25.6. The molecule has 0 saturated carbocycles. The standard InChI is InChI=1S/C15H16Cl2FNO3/c1-2-4-15(5-3-6-19(15)14(21)22)13(20)9-7-10(16)12(17)11(18)8-9/h7-8H,2-6H2,1H3,(H,21,22). The van der Waals surface area contributed by atoms with Crippen molar-refractivity contribution in [3.05, 3.63) is 33.6 Å². The molecule has 120 valence electrons. The van der Waals surface area contributed by atoms with E-state index in [4.69, 9.17) is 23.2 Å². The van der Waals surface area contributed by atoms with Crippen LogP contribution in [0.3, 0.4) is 0 Å². The van der Waals surface area contributed by atoms with Crippen molar-refractivity contribution >= 4 is 35.1 Å². The Kier molecular flexibility index (Phi) is 4.97. The summed E-state index contributed by atoms with van der Waals surface area (Å²) in [6, 6.07) is 2.32. The largest absolute Gasteiger partial charge is 0.465 e. The number of Topliss-reactive ketones (excluding diaryl/α,β-unsaturated/α-hetero) is 1. The maximum absolute atomic E-state index is 13.8. The molecule has 1 amide bonds. The molecule has 0 aromatic heterocycles. The van der Waals surface area contributed by atoms with E-state index in [2.05, 4.69) is 0 Å². The van der Waals surface area contributed by atoms with Crippen molar-refractivity contribution in [3.63, 3.8) is 0 Å². The number of likely N-dealkylation sites (tertiary alicyclic amines) is 1. The molecule has 0 spiro atoms. The predicted octanol–water partition coefficient (Wildman–Crippen LogP) is 4.63. The number of carbonyl (C=O) groups is 2. The molecule has 1 unspecified atom stereocenters. The Hall–Kier alpha value is -1.33. The summed E-state index contributed by atoms with van der Waals surface area (Å²) in [5.41, 5.74) is -1.10. The van der Waals surface area contributed by atoms with Gasteiger partial charge in [0.05, 0.1) is 10.0 Å². The zero-order valence-corrected chi connectivity index (χ0v) is 13.5. The number of halogens is 3. The summed E-state index contributed by atoms with van der Waals surface area (Å²) in [5.74, 6) is -1.21. The quantitative estimate of drug-likeness (QED) is 0.638. The molecule has 1 heterocycles. The molecule has 0 aliphatic carbocycles. The van der Waals surface area contributed by atoms with Gasteiger partial charge in [-0.15, -0.1) is 0 Å². The average Bonchev–Trinajstić information content (AvgIpc) is 2.89. The van der Waals surface area contributed by atoms with Crippen LogP contribution in [-0.4, -0.2) is 34.0 Å². The highest BCUT2D eigenvalue weighted by Gasteiger charge is 2.49. The molecule has 0 bridgehead atoms. The molecule has 22 heavy (non-hydrogen) atoms. The maximum atomic E-state index is 13.8. The minimum Gasteiger partial charge on any atom is -0.465 e. The fourth-order valence-corrected chi connectivity index (χ4v) is 3.45. The second-order valence-electron chi connectivity index (χ2n) is 5.40. The van der Waals surface area contributed by atoms with E-state index in [-0.39, 0.29) is 15.6 Å². The summed E-state index contributed by atoms with van der Waals surface area (Å²) >= 11 is 11.5. The third-order valence-corrected chi connectivity index (χ3v) is 4.83. The van der Waals surface area contributed by atoms with Gasteiger partial charge >= 0.3 is 6.09 Å². The van der Waals surface area contributed by atoms with Crippen LogP contribution in [0.25, 0.3) is 0 Å². The number of amides is 1. The first-order valence-electron chi connectivity index (χ1n) is 7.03. The van der Waals surface area contributed by atoms with Crippen molar-refractivity contribution in [1.29, 1.82) is 0 Å². The number of carbonyl (C=O) groups excluding carboxylic acids is 1. The minimum absolute atomic E-state index is 0.0495. The number of hydrogen-bond acceptors (Lipinski definition) is 2. The summed E-state index contributed by atoms with van der Waals surface area (Å²) in [7, 11) is 0. The number of carboxylic acid groups (broad SMARTS) is 1. The molecule has 4 nitrogen and oxygen atoms in total. The van der Waals surface area contributed by atoms with Crippen LogP contribution in [0, 0.1) is 5.82 Å². The lowest BCUT2D eigenvalue weighted by Crippen LogP contribution is -2.52. The summed E-state index contributed by atoms with van der Waals surface area (Å²) in [6.45, 7) is 2.17. The van der Waals surface area contributed by atoms with Gasteiger partial charge in [0.2, 0.25) is 0 Å². The van der Waals surface area contributed by atoms with Crippen LogP contribution < -0.4 is 0 Å². The van der Waals surface area contributed by atoms with Crippen LogP contribution in [0.4, 0.5) is 9.18 Å². The van der Waals surface area contributed by atoms with Crippen molar-refractivity contribution in [3.8, 4) is 0 Å². The Labute approximate surface area is 137 Å². The average molecular weight is 348 g/mol. The Bertz CT molecular complexity index is 600. The van der Waals surface area contributed by atoms with Gasteiger partial charge in [0.1, 0.15) is 11.4 Å². The number of rotatable bonds is 4. The lowest BCUT2D eigenvalue weighted by Gasteiger charge is -2.35. The van der Waals surface area contributed by atoms with Gasteiger partial charge in [-0.3, -0.25) is 9.69 Å². The minimum atomic E-state index is -1.15. The van der Waals surface area contributed by atoms with E-state index < -0.39 is 23.2 Å². The van der Waals surface area contributed by atoms with Crippen LogP contribution >= 0.6 is 23.2 Å². The summed E-state index contributed by atoms with van der Waals surface area (Å²) < 4.78 is 13.8. The van der Waals surface area contributed by atoms with Gasteiger partial charge in [-0.2, -0.15) is 0 Å². The fourth-order valence-electron chi connectivity index (χ4n) is 3.14. The highest BCUT2D eigenvalue weighted by atomic mass is 35.5. The SMILES string of the molecule is CCCC1(C(=O)c2cc(F)c(Cl)c(Cl)c2)CCCN1C(=O)O. The molecule has 1 aromatic carbocycles. The van der Waals surface area contributed by atoms with E-state index in [0.717, 1.165) is 6.07 Å². The van der Waals surface area contributed by atoms with Gasteiger partial charge in [0.15, 0.2) is 5.78 Å². The molecule has 1 aromatic rings. The molecular formula is C15H16Cl2FNO3. The highest BCUT2D eigenvalue weighted by molar-refractivity contribution is 6.42. The van der Waals surface area contributed by atoms with Crippen molar-refractivity contribution in [2.45, 2.75) is 38.1 Å². The molecule has 1 aliphatic rings. The molecular weight excluding hydrogens is 332 g/mol. The topological polar surface area (TPSA) is 57.6 Å². The summed E-state index contributed by atoms with van der Waals surface area (Å²) in [5, 5.41) is 9.07. The van der Waals surface area contributed by atoms with E-state index in [1.54, 1.807) is 0 Å². The van der Waals surface area contributed by atoms with Crippen LogP contribution in [0.15, 0.2) is 12.1 Å². The number of nitrogens with zero attached hydrogens (tertiary/aromatic N) is 1. The van der Waals surface area contributed by atoms with Gasteiger partial charge in [-0.25, -0.2) is 9.18 Å². The zero-order valence-electron chi connectivity index (χ0n) is 12.0. The number of ketones is 1. The van der Waals surface area contributed by atoms with Crippen LogP contribution in [0.1, 0.15) is 43.0 Å². The van der Waals surface area contributed by atoms with Gasteiger partial charge in [0.25, 0.3) is 0 Å². The normalized spacial score (nSPS) is 21.2. The third-order valence-electron chi connectivity index (χ3n) is 4.05. The van der Waals surface area contributed by atoms with Gasteiger partial charge in [0, 0.05) is 12.1 Å². The second kappa shape index (κ2) is 6.42. The lowest BCUT2D eigenvalue weighted by atomic mass is 9.83. The number of hydrogen-bond donors (Lipinski definition) is 1. The molecule has 7 heteroatoms. The van der Waals surface area contributed by atoms with E-state index >= 15 is 0 Å². The Balaban J connectivity index is 2.49. The smallest absolute Gasteiger partial charge is 0.408 e. The molecule has 1 saturated heterocycles. The first kappa shape index (κ1) is 17.0. The van der Waals surface area contributed by atoms with Crippen LogP contribution in [0.5, 0.6) is 0 Å². The Morgan fingerprint density at radius 3 is 2.64 bits per heavy atom. The van der Waals surface area contributed by atoms with Crippen LogP contribution in [-0.2, 0) is 0 Å². The van der Waals surface area contributed by atoms with Crippen molar-refractivity contribution < 1.29 is 19.1 Å². The fraction of sp³-hybridized carbons (Fsp3) is 0.467. The number of benzene rings is 1. The second-order valence-corrected chi connectivity index (χ2v) is 6.19. The third kappa shape index (κ3) is 2.79. The zero-order chi connectivity index (χ0) is 16.5. The Morgan fingerprint density at radius 2 is 2.09 bits per heavy atom. The first-order valence-corrected chi connectivity index (χ1v) is 7.79. The van der Waals surface area contributed by atoms with E-state index in [0.29, 0.717) is 32.2 Å².